The van der Waals surface area contributed by atoms with Crippen LogP contribution in [0.15, 0.2) is 60.7 Å². The maximum absolute atomic E-state index is 12.5. The van der Waals surface area contributed by atoms with Gasteiger partial charge < -0.3 is 5.11 Å². The van der Waals surface area contributed by atoms with E-state index in [9.17, 15) is 18.0 Å². The van der Waals surface area contributed by atoms with Crippen molar-refractivity contribution in [1.29, 1.82) is 0 Å². The van der Waals surface area contributed by atoms with E-state index in [1.165, 1.54) is 12.1 Å². The molecule has 0 aliphatic rings. The van der Waals surface area contributed by atoms with Crippen molar-refractivity contribution in [3.63, 3.8) is 0 Å². The lowest BCUT2D eigenvalue weighted by Crippen LogP contribution is -2.04. The van der Waals surface area contributed by atoms with Gasteiger partial charge in [-0.2, -0.15) is 13.2 Å². The van der Waals surface area contributed by atoms with Gasteiger partial charge in [-0.05, 0) is 28.8 Å². The van der Waals surface area contributed by atoms with Gasteiger partial charge in [0.1, 0.15) is 0 Å². The molecule has 2 rings (SSSR count). The topological polar surface area (TPSA) is 37.3 Å². The molecule has 0 atom stereocenters. The molecule has 0 aliphatic carbocycles. The lowest BCUT2D eigenvalue weighted by Gasteiger charge is -2.10. The van der Waals surface area contributed by atoms with Crippen molar-refractivity contribution in [2.75, 3.05) is 0 Å². The number of halogens is 3. The Hall–Kier alpha value is -2.56. The minimum Gasteiger partial charge on any atom is -0.478 e. The second-order valence-electron chi connectivity index (χ2n) is 4.34. The standard InChI is InChI=1S/C16H11F3O2/c17-16(18,19)13-8-6-12(7-9-13)14(10-15(20)21)11-4-2-1-3-5-11/h1-10H,(H,20,21). The molecule has 0 saturated heterocycles. The van der Waals surface area contributed by atoms with Gasteiger partial charge in [-0.15, -0.1) is 0 Å². The van der Waals surface area contributed by atoms with Crippen molar-refractivity contribution in [2.45, 2.75) is 6.18 Å². The third kappa shape index (κ3) is 3.72. The molecule has 0 radical (unpaired) electrons. The zero-order valence-electron chi connectivity index (χ0n) is 10.8. The Labute approximate surface area is 119 Å². The summed E-state index contributed by atoms with van der Waals surface area (Å²) in [7, 11) is 0. The number of carboxylic acid groups (broad SMARTS) is 1. The number of carbonyl (C=O) groups is 1. The van der Waals surface area contributed by atoms with Crippen LogP contribution in [0, 0.1) is 0 Å². The average molecular weight is 292 g/mol. The Morgan fingerprint density at radius 3 is 1.90 bits per heavy atom. The van der Waals surface area contributed by atoms with E-state index < -0.39 is 17.7 Å². The van der Waals surface area contributed by atoms with Gasteiger partial charge in [-0.3, -0.25) is 0 Å². The first-order valence-electron chi connectivity index (χ1n) is 6.05. The first-order valence-corrected chi connectivity index (χ1v) is 6.05. The molecule has 0 aromatic heterocycles. The van der Waals surface area contributed by atoms with Crippen LogP contribution in [0.3, 0.4) is 0 Å². The number of rotatable bonds is 3. The van der Waals surface area contributed by atoms with Crippen LogP contribution in [-0.4, -0.2) is 11.1 Å². The van der Waals surface area contributed by atoms with E-state index in [2.05, 4.69) is 0 Å². The van der Waals surface area contributed by atoms with Crippen molar-refractivity contribution in [2.24, 2.45) is 0 Å². The fourth-order valence-corrected chi connectivity index (χ4v) is 1.91. The molecule has 0 bridgehead atoms. The summed E-state index contributed by atoms with van der Waals surface area (Å²) in [5.74, 6) is -1.16. The fourth-order valence-electron chi connectivity index (χ4n) is 1.91. The monoisotopic (exact) mass is 292 g/mol. The second-order valence-corrected chi connectivity index (χ2v) is 4.34. The summed E-state index contributed by atoms with van der Waals surface area (Å²) in [6, 6.07) is 13.1. The number of aliphatic carboxylic acids is 1. The van der Waals surface area contributed by atoms with Crippen LogP contribution in [-0.2, 0) is 11.0 Å². The van der Waals surface area contributed by atoms with E-state index in [4.69, 9.17) is 5.11 Å². The molecule has 1 N–H and O–H groups in total. The SMILES string of the molecule is O=C(O)C=C(c1ccccc1)c1ccc(C(F)(F)F)cc1. The third-order valence-electron chi connectivity index (χ3n) is 2.88. The van der Waals surface area contributed by atoms with E-state index in [0.717, 1.165) is 18.2 Å². The highest BCUT2D eigenvalue weighted by Gasteiger charge is 2.30. The van der Waals surface area contributed by atoms with E-state index in [1.807, 2.05) is 0 Å². The van der Waals surface area contributed by atoms with Gasteiger partial charge >= 0.3 is 12.1 Å². The summed E-state index contributed by atoms with van der Waals surface area (Å²) < 4.78 is 37.6. The highest BCUT2D eigenvalue weighted by molar-refractivity contribution is 5.95. The van der Waals surface area contributed by atoms with Gasteiger partial charge in [-0.1, -0.05) is 42.5 Å². The van der Waals surface area contributed by atoms with Crippen molar-refractivity contribution in [3.05, 3.63) is 77.4 Å². The molecule has 0 heterocycles. The zero-order valence-corrected chi connectivity index (χ0v) is 10.8. The fraction of sp³-hybridized carbons (Fsp3) is 0.0625. The van der Waals surface area contributed by atoms with Gasteiger partial charge in [0, 0.05) is 6.08 Å². The summed E-state index contributed by atoms with van der Waals surface area (Å²) in [6.45, 7) is 0. The largest absolute Gasteiger partial charge is 0.478 e. The Morgan fingerprint density at radius 1 is 0.905 bits per heavy atom. The van der Waals surface area contributed by atoms with Crippen molar-refractivity contribution in [3.8, 4) is 0 Å². The van der Waals surface area contributed by atoms with Crippen molar-refractivity contribution in [1.82, 2.24) is 0 Å². The molecule has 0 saturated carbocycles. The molecule has 2 aromatic rings. The molecule has 0 spiro atoms. The number of benzene rings is 2. The van der Waals surface area contributed by atoms with E-state index in [1.54, 1.807) is 30.3 Å². The Balaban J connectivity index is 2.46. The lowest BCUT2D eigenvalue weighted by molar-refractivity contribution is -0.137. The maximum atomic E-state index is 12.5. The van der Waals surface area contributed by atoms with Crippen LogP contribution in [0.4, 0.5) is 13.2 Å². The number of hydrogen-bond acceptors (Lipinski definition) is 1. The molecular formula is C16H11F3O2. The quantitative estimate of drug-likeness (QED) is 0.860. The highest BCUT2D eigenvalue weighted by Crippen LogP contribution is 2.31. The molecule has 21 heavy (non-hydrogen) atoms. The summed E-state index contributed by atoms with van der Waals surface area (Å²) in [6.07, 6.45) is -3.43. The molecular weight excluding hydrogens is 281 g/mol. The number of hydrogen-bond donors (Lipinski definition) is 1. The van der Waals surface area contributed by atoms with Crippen LogP contribution in [0.25, 0.3) is 5.57 Å². The molecule has 5 heteroatoms. The van der Waals surface area contributed by atoms with E-state index in [0.29, 0.717) is 16.7 Å². The lowest BCUT2D eigenvalue weighted by atomic mass is 9.96. The first-order chi connectivity index (χ1) is 9.88. The van der Waals surface area contributed by atoms with Gasteiger partial charge in [0.25, 0.3) is 0 Å². The van der Waals surface area contributed by atoms with Crippen LogP contribution < -0.4 is 0 Å². The van der Waals surface area contributed by atoms with Crippen molar-refractivity contribution >= 4 is 11.5 Å². The van der Waals surface area contributed by atoms with Crippen molar-refractivity contribution < 1.29 is 23.1 Å². The molecule has 2 aromatic carbocycles. The van der Waals surface area contributed by atoms with Gasteiger partial charge in [-0.25, -0.2) is 4.79 Å². The van der Waals surface area contributed by atoms with Crippen LogP contribution in [0.1, 0.15) is 16.7 Å². The van der Waals surface area contributed by atoms with Crippen LogP contribution in [0.2, 0.25) is 0 Å². The normalized spacial score (nSPS) is 12.2. The average Bonchev–Trinajstić information content (AvgIpc) is 2.45. The molecule has 0 aliphatic heterocycles. The molecule has 108 valence electrons. The summed E-state index contributed by atoms with van der Waals surface area (Å²) in [5, 5.41) is 8.93. The Bertz CT molecular complexity index is 656. The van der Waals surface area contributed by atoms with Gasteiger partial charge in [0.05, 0.1) is 5.56 Å². The number of carboxylic acids is 1. The molecule has 0 amide bonds. The maximum Gasteiger partial charge on any atom is 0.416 e. The molecule has 0 fully saturated rings. The third-order valence-corrected chi connectivity index (χ3v) is 2.88. The predicted molar refractivity (Wildman–Crippen MR) is 72.6 cm³/mol. The first kappa shape index (κ1) is 14.8. The smallest absolute Gasteiger partial charge is 0.416 e. The minimum atomic E-state index is -4.41. The summed E-state index contributed by atoms with van der Waals surface area (Å²) in [5.41, 5.74) is 0.627. The van der Waals surface area contributed by atoms with Gasteiger partial charge in [0.2, 0.25) is 0 Å². The summed E-state index contributed by atoms with van der Waals surface area (Å²) in [4.78, 5) is 10.9. The van der Waals surface area contributed by atoms with E-state index >= 15 is 0 Å². The summed E-state index contributed by atoms with van der Waals surface area (Å²) >= 11 is 0. The Kier molecular flexibility index (Phi) is 4.12. The molecule has 2 nitrogen and oxygen atoms in total. The molecule has 0 unspecified atom stereocenters. The van der Waals surface area contributed by atoms with Crippen LogP contribution in [0.5, 0.6) is 0 Å². The Morgan fingerprint density at radius 2 is 1.43 bits per heavy atom. The number of alkyl halides is 3. The highest BCUT2D eigenvalue weighted by atomic mass is 19.4. The second kappa shape index (κ2) is 5.83. The van der Waals surface area contributed by atoms with Crippen LogP contribution >= 0.6 is 0 Å². The predicted octanol–water partition coefficient (Wildman–Crippen LogP) is 4.22. The van der Waals surface area contributed by atoms with E-state index in [-0.39, 0.29) is 0 Å². The van der Waals surface area contributed by atoms with Gasteiger partial charge in [0.15, 0.2) is 0 Å². The zero-order chi connectivity index (χ0) is 15.5. The minimum absolute atomic E-state index is 0.358.